The summed E-state index contributed by atoms with van der Waals surface area (Å²) >= 11 is 0. The van der Waals surface area contributed by atoms with Gasteiger partial charge in [0.05, 0.1) is 0 Å². The van der Waals surface area contributed by atoms with Crippen molar-refractivity contribution in [1.82, 2.24) is 10.6 Å². The molecule has 2 heteroatoms. The molecule has 0 unspecified atom stereocenters. The van der Waals surface area contributed by atoms with Crippen LogP contribution < -0.4 is 10.6 Å². The molecular weight excluding hydrogens is 364 g/mol. The molecule has 0 saturated heterocycles. The van der Waals surface area contributed by atoms with E-state index in [1.165, 1.54) is 22.3 Å². The molecule has 30 heavy (non-hydrogen) atoms. The van der Waals surface area contributed by atoms with Crippen LogP contribution in [0.15, 0.2) is 119 Å². The standard InChI is InChI=1S/C28H28N2/c1-27-23-3-5-25-17-22(20-9-13-30-14-10-20)18-26(28(25,27)2)6-4-24(27)16-21(15-23)19-7-11-29-12-8-19/h3,5,7-20,29-30H,4,6H2,1-2H3/t27-,28-/m1/s1. The molecule has 2 atom stereocenters. The van der Waals surface area contributed by atoms with Crippen LogP contribution in [0.4, 0.5) is 0 Å². The molecule has 0 radical (unpaired) electrons. The van der Waals surface area contributed by atoms with Crippen molar-refractivity contribution in [3.8, 4) is 0 Å². The van der Waals surface area contributed by atoms with E-state index in [0.717, 1.165) is 12.8 Å². The topological polar surface area (TPSA) is 24.1 Å². The molecule has 1 saturated carbocycles. The summed E-state index contributed by atoms with van der Waals surface area (Å²) in [5.74, 6) is 0.714. The summed E-state index contributed by atoms with van der Waals surface area (Å²) in [6.07, 6.45) is 34.2. The minimum absolute atomic E-state index is 0.0346. The van der Waals surface area contributed by atoms with Gasteiger partial charge in [-0.1, -0.05) is 85.8 Å². The van der Waals surface area contributed by atoms with Crippen LogP contribution in [0.25, 0.3) is 0 Å². The van der Waals surface area contributed by atoms with E-state index in [-0.39, 0.29) is 10.8 Å². The Labute approximate surface area is 179 Å². The highest BCUT2D eigenvalue weighted by Crippen LogP contribution is 2.67. The average molecular weight is 393 g/mol. The summed E-state index contributed by atoms with van der Waals surface area (Å²) in [4.78, 5) is 0. The van der Waals surface area contributed by atoms with Crippen LogP contribution >= 0.6 is 0 Å². The summed E-state index contributed by atoms with van der Waals surface area (Å²) in [5.41, 5.74) is 9.00. The van der Waals surface area contributed by atoms with Crippen molar-refractivity contribution in [2.75, 3.05) is 0 Å². The summed E-state index contributed by atoms with van der Waals surface area (Å²) in [6.45, 7) is 4.96. The van der Waals surface area contributed by atoms with Gasteiger partial charge in [0.15, 0.2) is 0 Å². The lowest BCUT2D eigenvalue weighted by Crippen LogP contribution is -2.49. The Balaban J connectivity index is 1.49. The number of dihydropyridines is 2. The van der Waals surface area contributed by atoms with Crippen LogP contribution in [0.3, 0.4) is 0 Å². The molecule has 2 N–H and O–H groups in total. The molecule has 0 aromatic heterocycles. The Bertz CT molecular complexity index is 1010. The number of hydrogen-bond donors (Lipinski definition) is 2. The van der Waals surface area contributed by atoms with E-state index in [4.69, 9.17) is 0 Å². The van der Waals surface area contributed by atoms with Crippen LogP contribution in [-0.2, 0) is 0 Å². The summed E-state index contributed by atoms with van der Waals surface area (Å²) in [7, 11) is 0. The summed E-state index contributed by atoms with van der Waals surface area (Å²) in [6, 6.07) is 0. The van der Waals surface area contributed by atoms with Crippen LogP contribution in [0.5, 0.6) is 0 Å². The average Bonchev–Trinajstić information content (AvgIpc) is 2.79. The minimum Gasteiger partial charge on any atom is -0.368 e. The molecule has 0 amide bonds. The predicted octanol–water partition coefficient (Wildman–Crippen LogP) is 5.89. The van der Waals surface area contributed by atoms with Gasteiger partial charge in [0.2, 0.25) is 0 Å². The fourth-order valence-electron chi connectivity index (χ4n) is 6.24. The van der Waals surface area contributed by atoms with Gasteiger partial charge in [0, 0.05) is 22.7 Å². The second kappa shape index (κ2) is 6.25. The summed E-state index contributed by atoms with van der Waals surface area (Å²) < 4.78 is 0. The zero-order valence-electron chi connectivity index (χ0n) is 17.7. The number of nitrogens with one attached hydrogen (secondary N) is 2. The SMILES string of the molecule is C[C@@]12C3=CC=C4C=C(C5C=CNC=C5)C=C(CCC1=CC(C1C=CNC=C1)=C3)[C@@]42C. The highest BCUT2D eigenvalue weighted by molar-refractivity contribution is 5.65. The van der Waals surface area contributed by atoms with Crippen molar-refractivity contribution < 1.29 is 0 Å². The first-order valence-corrected chi connectivity index (χ1v) is 11.1. The predicted molar refractivity (Wildman–Crippen MR) is 124 cm³/mol. The third-order valence-corrected chi connectivity index (χ3v) is 8.24. The number of hydrogen-bond acceptors (Lipinski definition) is 2. The van der Waals surface area contributed by atoms with E-state index < -0.39 is 0 Å². The Morgan fingerprint density at radius 3 is 1.43 bits per heavy atom. The first-order chi connectivity index (χ1) is 14.6. The van der Waals surface area contributed by atoms with Crippen molar-refractivity contribution in [2.24, 2.45) is 22.7 Å². The van der Waals surface area contributed by atoms with E-state index >= 15 is 0 Å². The second-order valence-electron chi connectivity index (χ2n) is 9.44. The second-order valence-corrected chi connectivity index (χ2v) is 9.44. The maximum Gasteiger partial charge on any atom is 0.0268 e. The van der Waals surface area contributed by atoms with Gasteiger partial charge < -0.3 is 10.6 Å². The van der Waals surface area contributed by atoms with Crippen molar-refractivity contribution in [2.45, 2.75) is 26.7 Å². The van der Waals surface area contributed by atoms with Crippen molar-refractivity contribution in [1.29, 1.82) is 0 Å². The molecule has 150 valence electrons. The highest BCUT2D eigenvalue weighted by Gasteiger charge is 2.57. The molecule has 0 spiro atoms. The zero-order valence-corrected chi connectivity index (χ0v) is 17.7. The molecular formula is C28H28N2. The Kier molecular flexibility index (Phi) is 3.71. The molecule has 4 aliphatic carbocycles. The maximum atomic E-state index is 3.16. The van der Waals surface area contributed by atoms with Crippen molar-refractivity contribution in [3.63, 3.8) is 0 Å². The molecule has 1 fully saturated rings. The van der Waals surface area contributed by atoms with Gasteiger partial charge in [0.25, 0.3) is 0 Å². The maximum absolute atomic E-state index is 3.16. The lowest BCUT2D eigenvalue weighted by Gasteiger charge is -2.58. The quantitative estimate of drug-likeness (QED) is 0.613. The van der Waals surface area contributed by atoms with Gasteiger partial charge in [-0.3, -0.25) is 0 Å². The van der Waals surface area contributed by atoms with Gasteiger partial charge in [-0.2, -0.15) is 0 Å². The number of allylic oxidation sites excluding steroid dienone is 16. The molecule has 6 rings (SSSR count). The van der Waals surface area contributed by atoms with Gasteiger partial charge in [-0.25, -0.2) is 0 Å². The van der Waals surface area contributed by atoms with E-state index in [2.05, 4.69) is 85.2 Å². The first-order valence-electron chi connectivity index (χ1n) is 11.1. The highest BCUT2D eigenvalue weighted by atomic mass is 14.8. The molecule has 2 heterocycles. The molecule has 6 aliphatic rings. The van der Waals surface area contributed by atoms with Gasteiger partial charge in [0.1, 0.15) is 0 Å². The molecule has 2 aliphatic heterocycles. The van der Waals surface area contributed by atoms with Crippen molar-refractivity contribution in [3.05, 3.63) is 119 Å². The number of rotatable bonds is 2. The van der Waals surface area contributed by atoms with E-state index in [0.29, 0.717) is 11.8 Å². The smallest absolute Gasteiger partial charge is 0.0268 e. The Morgan fingerprint density at radius 1 is 0.633 bits per heavy atom. The fraction of sp³-hybridized carbons (Fsp3) is 0.286. The van der Waals surface area contributed by atoms with Gasteiger partial charge >= 0.3 is 0 Å². The van der Waals surface area contributed by atoms with E-state index in [1.807, 2.05) is 24.8 Å². The largest absolute Gasteiger partial charge is 0.368 e. The minimum atomic E-state index is 0.0346. The molecule has 2 nitrogen and oxygen atoms in total. The summed E-state index contributed by atoms with van der Waals surface area (Å²) in [5, 5.41) is 6.33. The third kappa shape index (κ3) is 2.25. The van der Waals surface area contributed by atoms with Crippen LogP contribution in [0.2, 0.25) is 0 Å². The Hall–Kier alpha value is -3.00. The monoisotopic (exact) mass is 392 g/mol. The zero-order chi connectivity index (χ0) is 20.3. The third-order valence-electron chi connectivity index (χ3n) is 8.24. The fourth-order valence-corrected chi connectivity index (χ4v) is 6.24. The van der Waals surface area contributed by atoms with E-state index in [9.17, 15) is 0 Å². The van der Waals surface area contributed by atoms with Crippen LogP contribution in [0.1, 0.15) is 26.7 Å². The lowest BCUT2D eigenvalue weighted by atomic mass is 9.44. The normalized spacial score (nSPS) is 33.9. The molecule has 0 aromatic rings. The molecule has 0 aromatic carbocycles. The van der Waals surface area contributed by atoms with Crippen LogP contribution in [-0.4, -0.2) is 0 Å². The Morgan fingerprint density at radius 2 is 1.03 bits per heavy atom. The van der Waals surface area contributed by atoms with Crippen LogP contribution in [0, 0.1) is 22.7 Å². The van der Waals surface area contributed by atoms with Crippen molar-refractivity contribution >= 4 is 0 Å². The van der Waals surface area contributed by atoms with Gasteiger partial charge in [-0.15, -0.1) is 0 Å². The van der Waals surface area contributed by atoms with Gasteiger partial charge in [-0.05, 0) is 59.9 Å². The van der Waals surface area contributed by atoms with E-state index in [1.54, 1.807) is 11.1 Å². The first kappa shape index (κ1) is 17.8. The molecule has 0 bridgehead atoms. The lowest BCUT2D eigenvalue weighted by molar-refractivity contribution is 0.208.